The molecule has 0 spiro atoms. The molecule has 0 aliphatic rings. The highest BCUT2D eigenvalue weighted by Gasteiger charge is 2.17. The van der Waals surface area contributed by atoms with Gasteiger partial charge in [0.25, 0.3) is 10.0 Å². The average molecular weight is 339 g/mol. The maximum atomic E-state index is 12.3. The van der Waals surface area contributed by atoms with Gasteiger partial charge in [-0.3, -0.25) is 4.72 Å². The molecule has 1 aromatic carbocycles. The normalized spacial score (nSPS) is 11.2. The van der Waals surface area contributed by atoms with E-state index in [2.05, 4.69) is 4.72 Å². The number of carbonyl (C=O) groups excluding carboxylic acids is 1. The lowest BCUT2D eigenvalue weighted by Gasteiger charge is -2.07. The molecule has 118 valence electrons. The minimum Gasteiger partial charge on any atom is -0.462 e. The molecule has 2 rings (SSSR count). The third kappa shape index (κ3) is 3.86. The van der Waals surface area contributed by atoms with Crippen LogP contribution < -0.4 is 4.72 Å². The Morgan fingerprint density at radius 3 is 2.36 bits per heavy atom. The van der Waals surface area contributed by atoms with E-state index in [-0.39, 0.29) is 4.21 Å². The molecule has 0 unspecified atom stereocenters. The molecule has 0 amide bonds. The van der Waals surface area contributed by atoms with E-state index >= 15 is 0 Å². The predicted molar refractivity (Wildman–Crippen MR) is 86.9 cm³/mol. The summed E-state index contributed by atoms with van der Waals surface area (Å²) < 4.78 is 32.2. The largest absolute Gasteiger partial charge is 0.462 e. The van der Waals surface area contributed by atoms with Crippen LogP contribution in [0.5, 0.6) is 0 Å². The third-order valence-corrected chi connectivity index (χ3v) is 6.00. The monoisotopic (exact) mass is 339 g/mol. The van der Waals surface area contributed by atoms with E-state index in [1.807, 2.05) is 13.0 Å². The number of aryl methyl sites for hydroxylation is 1. The molecule has 7 heteroatoms. The standard InChI is InChI=1S/C15H17NO4S2/c1-3-13-9-10-14(21-13)22(18,19)16-12-7-5-11(6-8-12)15(17)20-4-2/h5-10,16H,3-4H2,1-2H3. The topological polar surface area (TPSA) is 72.5 Å². The van der Waals surface area contributed by atoms with Gasteiger partial charge in [0.05, 0.1) is 12.2 Å². The molecule has 2 aromatic rings. The lowest BCUT2D eigenvalue weighted by molar-refractivity contribution is 0.0526. The van der Waals surface area contributed by atoms with Crippen LogP contribution in [0.3, 0.4) is 0 Å². The van der Waals surface area contributed by atoms with Gasteiger partial charge in [0, 0.05) is 10.6 Å². The number of benzene rings is 1. The van der Waals surface area contributed by atoms with Gasteiger partial charge in [-0.25, -0.2) is 13.2 Å². The summed E-state index contributed by atoms with van der Waals surface area (Å²) in [6.45, 7) is 4.00. The van der Waals surface area contributed by atoms with Gasteiger partial charge in [-0.1, -0.05) is 6.92 Å². The maximum Gasteiger partial charge on any atom is 0.338 e. The molecule has 5 nitrogen and oxygen atoms in total. The molecule has 0 radical (unpaired) electrons. The van der Waals surface area contributed by atoms with Crippen LogP contribution in [-0.2, 0) is 21.2 Å². The minimum absolute atomic E-state index is 0.277. The van der Waals surface area contributed by atoms with Crippen molar-refractivity contribution in [1.82, 2.24) is 0 Å². The summed E-state index contributed by atoms with van der Waals surface area (Å²) in [5.41, 5.74) is 0.786. The Balaban J connectivity index is 2.14. The lowest BCUT2D eigenvalue weighted by Crippen LogP contribution is -2.11. The SMILES string of the molecule is CCOC(=O)c1ccc(NS(=O)(=O)c2ccc(CC)s2)cc1. The van der Waals surface area contributed by atoms with E-state index in [0.29, 0.717) is 17.9 Å². The maximum absolute atomic E-state index is 12.3. The molecule has 0 saturated carbocycles. The smallest absolute Gasteiger partial charge is 0.338 e. The molecule has 0 saturated heterocycles. The zero-order chi connectivity index (χ0) is 16.2. The second-order valence-corrected chi connectivity index (χ2v) is 7.56. The van der Waals surface area contributed by atoms with Crippen molar-refractivity contribution >= 4 is 33.0 Å². The van der Waals surface area contributed by atoms with Crippen molar-refractivity contribution in [2.24, 2.45) is 0 Å². The number of esters is 1. The van der Waals surface area contributed by atoms with Crippen molar-refractivity contribution in [3.63, 3.8) is 0 Å². The predicted octanol–water partition coefficient (Wildman–Crippen LogP) is 3.29. The Kier molecular flexibility index (Phi) is 5.20. The molecule has 1 heterocycles. The van der Waals surface area contributed by atoms with Gasteiger partial charge < -0.3 is 4.74 Å². The van der Waals surface area contributed by atoms with Gasteiger partial charge in [-0.2, -0.15) is 0 Å². The molecule has 0 atom stereocenters. The third-order valence-electron chi connectivity index (χ3n) is 2.90. The van der Waals surface area contributed by atoms with Crippen molar-refractivity contribution in [2.75, 3.05) is 11.3 Å². The second-order valence-electron chi connectivity index (χ2n) is 4.48. The van der Waals surface area contributed by atoms with E-state index in [1.165, 1.54) is 35.6 Å². The fraction of sp³-hybridized carbons (Fsp3) is 0.267. The first kappa shape index (κ1) is 16.5. The first-order chi connectivity index (χ1) is 10.5. The van der Waals surface area contributed by atoms with E-state index < -0.39 is 16.0 Å². The van der Waals surface area contributed by atoms with Crippen molar-refractivity contribution in [3.8, 4) is 0 Å². The van der Waals surface area contributed by atoms with Crippen molar-refractivity contribution in [3.05, 3.63) is 46.8 Å². The number of hydrogen-bond acceptors (Lipinski definition) is 5. The van der Waals surface area contributed by atoms with E-state index in [4.69, 9.17) is 4.74 Å². The first-order valence-electron chi connectivity index (χ1n) is 6.85. The van der Waals surface area contributed by atoms with Crippen LogP contribution in [0.2, 0.25) is 0 Å². The van der Waals surface area contributed by atoms with Crippen molar-refractivity contribution in [2.45, 2.75) is 24.5 Å². The number of rotatable bonds is 6. The molecule has 1 N–H and O–H groups in total. The van der Waals surface area contributed by atoms with E-state index in [1.54, 1.807) is 13.0 Å². The summed E-state index contributed by atoms with van der Waals surface area (Å²) in [4.78, 5) is 12.6. The highest BCUT2D eigenvalue weighted by Crippen LogP contribution is 2.24. The van der Waals surface area contributed by atoms with Crippen LogP contribution in [0.4, 0.5) is 5.69 Å². The summed E-state index contributed by atoms with van der Waals surface area (Å²) in [5.74, 6) is -0.428. The molecular weight excluding hydrogens is 322 g/mol. The van der Waals surface area contributed by atoms with Gasteiger partial charge in [0.2, 0.25) is 0 Å². The Morgan fingerprint density at radius 1 is 1.14 bits per heavy atom. The molecular formula is C15H17NO4S2. The van der Waals surface area contributed by atoms with Gasteiger partial charge in [0.1, 0.15) is 4.21 Å². The van der Waals surface area contributed by atoms with Gasteiger partial charge in [0.15, 0.2) is 0 Å². The molecule has 22 heavy (non-hydrogen) atoms. The minimum atomic E-state index is -3.59. The highest BCUT2D eigenvalue weighted by molar-refractivity contribution is 7.94. The van der Waals surface area contributed by atoms with Crippen molar-refractivity contribution < 1.29 is 17.9 Å². The van der Waals surface area contributed by atoms with Gasteiger partial charge in [-0.15, -0.1) is 11.3 Å². The number of thiophene rings is 1. The lowest BCUT2D eigenvalue weighted by atomic mass is 10.2. The molecule has 0 aliphatic heterocycles. The Labute approximate surface area is 134 Å². The Bertz CT molecular complexity index is 748. The van der Waals surface area contributed by atoms with E-state index in [9.17, 15) is 13.2 Å². The zero-order valence-electron chi connectivity index (χ0n) is 12.3. The van der Waals surface area contributed by atoms with Crippen LogP contribution in [0.15, 0.2) is 40.6 Å². The van der Waals surface area contributed by atoms with Gasteiger partial charge >= 0.3 is 5.97 Å². The fourth-order valence-electron chi connectivity index (χ4n) is 1.79. The number of carbonyl (C=O) groups is 1. The summed E-state index contributed by atoms with van der Waals surface area (Å²) in [5, 5.41) is 0. The average Bonchev–Trinajstić information content (AvgIpc) is 2.98. The zero-order valence-corrected chi connectivity index (χ0v) is 14.0. The van der Waals surface area contributed by atoms with E-state index in [0.717, 1.165) is 11.3 Å². The number of hydrogen-bond donors (Lipinski definition) is 1. The number of sulfonamides is 1. The highest BCUT2D eigenvalue weighted by atomic mass is 32.2. The fourth-order valence-corrected chi connectivity index (χ4v) is 4.14. The van der Waals surface area contributed by atoms with Crippen LogP contribution >= 0.6 is 11.3 Å². The first-order valence-corrected chi connectivity index (χ1v) is 9.15. The number of ether oxygens (including phenoxy) is 1. The summed E-state index contributed by atoms with van der Waals surface area (Å²) in [7, 11) is -3.59. The number of nitrogens with one attached hydrogen (secondary N) is 1. The Hall–Kier alpha value is -1.86. The van der Waals surface area contributed by atoms with Crippen LogP contribution in [0, 0.1) is 0 Å². The molecule has 1 aromatic heterocycles. The molecule has 0 bridgehead atoms. The second kappa shape index (κ2) is 6.93. The van der Waals surface area contributed by atoms with Crippen LogP contribution in [-0.4, -0.2) is 21.0 Å². The van der Waals surface area contributed by atoms with Crippen LogP contribution in [0.1, 0.15) is 29.1 Å². The summed E-state index contributed by atoms with van der Waals surface area (Å²) in [6.07, 6.45) is 0.800. The van der Waals surface area contributed by atoms with Crippen molar-refractivity contribution in [1.29, 1.82) is 0 Å². The van der Waals surface area contributed by atoms with Crippen LogP contribution in [0.25, 0.3) is 0 Å². The quantitative estimate of drug-likeness (QED) is 0.820. The van der Waals surface area contributed by atoms with Gasteiger partial charge in [-0.05, 0) is 49.7 Å². The molecule has 0 fully saturated rings. The molecule has 0 aliphatic carbocycles. The summed E-state index contributed by atoms with van der Waals surface area (Å²) >= 11 is 1.25. The Morgan fingerprint density at radius 2 is 1.82 bits per heavy atom. The summed E-state index contributed by atoms with van der Waals surface area (Å²) in [6, 6.07) is 9.54. The number of anilines is 1.